The summed E-state index contributed by atoms with van der Waals surface area (Å²) < 4.78 is 0. The summed E-state index contributed by atoms with van der Waals surface area (Å²) in [4.78, 5) is 0. The molecule has 0 unspecified atom stereocenters. The van der Waals surface area contributed by atoms with E-state index < -0.39 is 0 Å². The van der Waals surface area contributed by atoms with Crippen molar-refractivity contribution in [1.82, 2.24) is 0 Å². The highest BCUT2D eigenvalue weighted by Crippen LogP contribution is 2.36. The van der Waals surface area contributed by atoms with Gasteiger partial charge in [-0.15, -0.1) is 13.2 Å². The molecule has 19 heavy (non-hydrogen) atoms. The van der Waals surface area contributed by atoms with Crippen molar-refractivity contribution in [2.45, 2.75) is 51.9 Å². The smallest absolute Gasteiger partial charge is 0.119 e. The lowest BCUT2D eigenvalue weighted by molar-refractivity contribution is 0.465. The van der Waals surface area contributed by atoms with Gasteiger partial charge < -0.3 is 5.11 Å². The number of aryl methyl sites for hydroxylation is 2. The second-order valence-corrected chi connectivity index (χ2v) is 5.20. The first kappa shape index (κ1) is 15.6. The van der Waals surface area contributed by atoms with Gasteiger partial charge in [-0.3, -0.25) is 0 Å². The van der Waals surface area contributed by atoms with Crippen LogP contribution in [0.1, 0.15) is 49.8 Å². The van der Waals surface area contributed by atoms with Gasteiger partial charge in [-0.1, -0.05) is 38.5 Å². The Balaban J connectivity index is 3.34. The molecule has 0 saturated heterocycles. The Morgan fingerprint density at radius 2 is 1.84 bits per heavy atom. The summed E-state index contributed by atoms with van der Waals surface area (Å²) in [5.74, 6) is 0.410. The second kappa shape index (κ2) is 6.60. The van der Waals surface area contributed by atoms with E-state index >= 15 is 0 Å². The molecule has 0 aromatic heterocycles. The van der Waals surface area contributed by atoms with Crippen molar-refractivity contribution in [3.63, 3.8) is 0 Å². The number of hydrogen-bond donors (Lipinski definition) is 1. The topological polar surface area (TPSA) is 20.2 Å². The third kappa shape index (κ3) is 3.09. The molecule has 0 amide bonds. The monoisotopic (exact) mass is 258 g/mol. The minimum absolute atomic E-state index is 0.196. The number of phenolic OH excluding ortho intramolecular Hbond substituents is 1. The van der Waals surface area contributed by atoms with Gasteiger partial charge in [0.05, 0.1) is 0 Å². The third-order valence-corrected chi connectivity index (χ3v) is 4.04. The Labute approximate surface area is 117 Å². The highest BCUT2D eigenvalue weighted by molar-refractivity contribution is 5.48. The Bertz CT molecular complexity index is 449. The van der Waals surface area contributed by atoms with E-state index in [-0.39, 0.29) is 5.41 Å². The van der Waals surface area contributed by atoms with Crippen LogP contribution in [0.25, 0.3) is 0 Å². The first-order valence-electron chi connectivity index (χ1n) is 7.14. The lowest BCUT2D eigenvalue weighted by Gasteiger charge is -2.28. The molecule has 1 aromatic rings. The summed E-state index contributed by atoms with van der Waals surface area (Å²) in [5.41, 5.74) is 3.14. The predicted molar refractivity (Wildman–Crippen MR) is 83.8 cm³/mol. The van der Waals surface area contributed by atoms with Crippen LogP contribution in [0, 0.1) is 6.92 Å². The van der Waals surface area contributed by atoms with Gasteiger partial charge >= 0.3 is 0 Å². The fourth-order valence-corrected chi connectivity index (χ4v) is 2.59. The summed E-state index contributed by atoms with van der Waals surface area (Å²) in [5, 5.41) is 10.1. The van der Waals surface area contributed by atoms with Gasteiger partial charge in [0.1, 0.15) is 5.75 Å². The Hall–Kier alpha value is -1.50. The molecule has 0 bridgehead atoms. The van der Waals surface area contributed by atoms with Crippen molar-refractivity contribution >= 4 is 0 Å². The van der Waals surface area contributed by atoms with Gasteiger partial charge in [0.2, 0.25) is 0 Å². The van der Waals surface area contributed by atoms with Gasteiger partial charge in [0.15, 0.2) is 0 Å². The lowest BCUT2D eigenvalue weighted by Crippen LogP contribution is -2.20. The van der Waals surface area contributed by atoms with E-state index in [0.717, 1.165) is 36.8 Å². The van der Waals surface area contributed by atoms with E-state index in [2.05, 4.69) is 33.1 Å². The van der Waals surface area contributed by atoms with Gasteiger partial charge in [-0.05, 0) is 48.9 Å². The zero-order valence-corrected chi connectivity index (χ0v) is 12.5. The van der Waals surface area contributed by atoms with Crippen LogP contribution in [0.2, 0.25) is 0 Å². The predicted octanol–water partition coefficient (Wildman–Crippen LogP) is 5.06. The summed E-state index contributed by atoms with van der Waals surface area (Å²) in [7, 11) is 0. The molecule has 1 nitrogen and oxygen atoms in total. The molecule has 0 atom stereocenters. The molecule has 0 heterocycles. The van der Waals surface area contributed by atoms with E-state index in [0.29, 0.717) is 5.75 Å². The van der Waals surface area contributed by atoms with Crippen molar-refractivity contribution in [3.8, 4) is 5.75 Å². The van der Waals surface area contributed by atoms with Gasteiger partial charge in [0, 0.05) is 5.41 Å². The molecule has 104 valence electrons. The Morgan fingerprint density at radius 3 is 2.32 bits per heavy atom. The molecule has 1 heteroatoms. The number of hydrogen-bond acceptors (Lipinski definition) is 1. The fourth-order valence-electron chi connectivity index (χ4n) is 2.59. The highest BCUT2D eigenvalue weighted by atomic mass is 16.3. The van der Waals surface area contributed by atoms with Gasteiger partial charge in [0.25, 0.3) is 0 Å². The molecule has 0 fully saturated rings. The van der Waals surface area contributed by atoms with E-state index in [1.54, 1.807) is 0 Å². The van der Waals surface area contributed by atoms with Crippen LogP contribution in [0.3, 0.4) is 0 Å². The van der Waals surface area contributed by atoms with Gasteiger partial charge in [-0.2, -0.15) is 0 Å². The van der Waals surface area contributed by atoms with Crippen LogP contribution >= 0.6 is 0 Å². The molecule has 0 aliphatic rings. The lowest BCUT2D eigenvalue weighted by atomic mass is 9.75. The zero-order chi connectivity index (χ0) is 14.5. The number of allylic oxidation sites excluding steroid dienone is 2. The van der Waals surface area contributed by atoms with Crippen LogP contribution in [-0.2, 0) is 11.8 Å². The normalized spacial score (nSPS) is 11.3. The average molecular weight is 258 g/mol. The average Bonchev–Trinajstić information content (AvgIpc) is 2.42. The maximum absolute atomic E-state index is 10.1. The third-order valence-electron chi connectivity index (χ3n) is 4.04. The number of aromatic hydroxyl groups is 1. The minimum atomic E-state index is -0.196. The number of rotatable bonds is 7. The Morgan fingerprint density at radius 1 is 1.21 bits per heavy atom. The van der Waals surface area contributed by atoms with E-state index in [1.165, 1.54) is 5.56 Å². The molecule has 1 aromatic carbocycles. The fraction of sp³-hybridized carbons (Fsp3) is 0.444. The van der Waals surface area contributed by atoms with Crippen LogP contribution in [0.15, 0.2) is 37.4 Å². The number of unbranched alkanes of at least 4 members (excludes halogenated alkanes) is 1. The maximum Gasteiger partial charge on any atom is 0.119 e. The molecular weight excluding hydrogens is 232 g/mol. The van der Waals surface area contributed by atoms with Crippen molar-refractivity contribution in [2.24, 2.45) is 0 Å². The molecule has 1 rings (SSSR count). The number of phenols is 1. The highest BCUT2D eigenvalue weighted by Gasteiger charge is 2.25. The van der Waals surface area contributed by atoms with Crippen molar-refractivity contribution in [2.75, 3.05) is 0 Å². The van der Waals surface area contributed by atoms with Gasteiger partial charge in [-0.25, -0.2) is 0 Å². The van der Waals surface area contributed by atoms with Crippen LogP contribution in [0.5, 0.6) is 5.75 Å². The van der Waals surface area contributed by atoms with E-state index in [4.69, 9.17) is 0 Å². The standard InChI is InChI=1S/C18H26O/c1-6-10-11-15-13-16(14(5)12-17(15)19)18(7-2,8-3)9-4/h7-8,12-13,19H,2-3,6,9-11H2,1,4-5H3. The van der Waals surface area contributed by atoms with Crippen molar-refractivity contribution in [1.29, 1.82) is 0 Å². The molecule has 0 radical (unpaired) electrons. The summed E-state index contributed by atoms with van der Waals surface area (Å²) in [6.07, 6.45) is 8.00. The molecule has 0 spiro atoms. The largest absolute Gasteiger partial charge is 0.508 e. The van der Waals surface area contributed by atoms with Crippen molar-refractivity contribution < 1.29 is 5.11 Å². The van der Waals surface area contributed by atoms with E-state index in [9.17, 15) is 5.11 Å². The van der Waals surface area contributed by atoms with Crippen LogP contribution < -0.4 is 0 Å². The van der Waals surface area contributed by atoms with Crippen LogP contribution in [-0.4, -0.2) is 5.11 Å². The first-order chi connectivity index (χ1) is 9.04. The Kier molecular flexibility index (Phi) is 5.41. The summed E-state index contributed by atoms with van der Waals surface area (Å²) in [6.45, 7) is 14.3. The van der Waals surface area contributed by atoms with Crippen LogP contribution in [0.4, 0.5) is 0 Å². The number of benzene rings is 1. The molecule has 0 saturated carbocycles. The summed E-state index contributed by atoms with van der Waals surface area (Å²) in [6, 6.07) is 4.00. The summed E-state index contributed by atoms with van der Waals surface area (Å²) >= 11 is 0. The molecule has 0 aliphatic carbocycles. The molecule has 1 N–H and O–H groups in total. The second-order valence-electron chi connectivity index (χ2n) is 5.20. The minimum Gasteiger partial charge on any atom is -0.508 e. The first-order valence-corrected chi connectivity index (χ1v) is 7.14. The quantitative estimate of drug-likeness (QED) is 0.677. The maximum atomic E-state index is 10.1. The molecular formula is C18H26O. The van der Waals surface area contributed by atoms with E-state index in [1.807, 2.05) is 25.1 Å². The molecule has 0 aliphatic heterocycles. The SMILES string of the molecule is C=CC(C=C)(CC)c1cc(CCCC)c(O)cc1C. The zero-order valence-electron chi connectivity index (χ0n) is 12.5. The van der Waals surface area contributed by atoms with Crippen molar-refractivity contribution in [3.05, 3.63) is 54.1 Å².